The molecule has 0 aliphatic heterocycles. The molecular formula is C13H28BrN. The number of rotatable bonds is 7. The highest BCUT2D eigenvalue weighted by molar-refractivity contribution is 9.09. The molecule has 0 saturated carbocycles. The normalized spacial score (nSPS) is 14.6. The molecule has 15 heavy (non-hydrogen) atoms. The molecule has 1 nitrogen and oxygen atoms in total. The lowest BCUT2D eigenvalue weighted by atomic mass is 9.96. The maximum atomic E-state index is 3.63. The Hall–Kier alpha value is 0.440. The Kier molecular flexibility index (Phi) is 7.90. The second kappa shape index (κ2) is 7.67. The van der Waals surface area contributed by atoms with Crippen LogP contribution in [-0.4, -0.2) is 29.4 Å². The molecule has 0 aromatic carbocycles. The van der Waals surface area contributed by atoms with Gasteiger partial charge in [-0.2, -0.15) is 0 Å². The van der Waals surface area contributed by atoms with Crippen LogP contribution in [0.5, 0.6) is 0 Å². The molecule has 1 atom stereocenters. The quantitative estimate of drug-likeness (QED) is 0.636. The predicted octanol–water partition coefficient (Wildman–Crippen LogP) is 4.02. The molecule has 92 valence electrons. The van der Waals surface area contributed by atoms with Gasteiger partial charge < -0.3 is 4.90 Å². The Balaban J connectivity index is 4.25. The van der Waals surface area contributed by atoms with Gasteiger partial charge in [0.1, 0.15) is 0 Å². The van der Waals surface area contributed by atoms with Gasteiger partial charge in [-0.1, -0.05) is 43.6 Å². The van der Waals surface area contributed by atoms with Crippen LogP contribution in [0.15, 0.2) is 0 Å². The van der Waals surface area contributed by atoms with Gasteiger partial charge in [-0.25, -0.2) is 0 Å². The van der Waals surface area contributed by atoms with Gasteiger partial charge in [0.15, 0.2) is 0 Å². The van der Waals surface area contributed by atoms with E-state index in [4.69, 9.17) is 0 Å². The smallest absolute Gasteiger partial charge is 0.00743 e. The van der Waals surface area contributed by atoms with E-state index in [0.717, 1.165) is 23.1 Å². The zero-order chi connectivity index (χ0) is 12.0. The summed E-state index contributed by atoms with van der Waals surface area (Å²) in [5, 5.41) is 1.12. The highest BCUT2D eigenvalue weighted by atomic mass is 79.9. The molecule has 0 amide bonds. The van der Waals surface area contributed by atoms with Gasteiger partial charge in [-0.3, -0.25) is 0 Å². The minimum Gasteiger partial charge on any atom is -0.300 e. The van der Waals surface area contributed by atoms with Gasteiger partial charge in [0, 0.05) is 24.5 Å². The van der Waals surface area contributed by atoms with Crippen LogP contribution in [0.3, 0.4) is 0 Å². The van der Waals surface area contributed by atoms with E-state index in [1.54, 1.807) is 0 Å². The van der Waals surface area contributed by atoms with Crippen molar-refractivity contribution in [2.75, 3.05) is 18.4 Å². The molecule has 0 aliphatic rings. The first-order valence-electron chi connectivity index (χ1n) is 6.18. The topological polar surface area (TPSA) is 3.24 Å². The number of halogens is 1. The van der Waals surface area contributed by atoms with Crippen LogP contribution in [0.4, 0.5) is 0 Å². The first kappa shape index (κ1) is 15.4. The van der Waals surface area contributed by atoms with E-state index in [0.29, 0.717) is 6.04 Å². The number of alkyl halides is 1. The second-order valence-electron chi connectivity index (χ2n) is 5.60. The van der Waals surface area contributed by atoms with Crippen LogP contribution in [0, 0.1) is 17.8 Å². The first-order valence-corrected chi connectivity index (χ1v) is 7.30. The van der Waals surface area contributed by atoms with Crippen molar-refractivity contribution in [3.63, 3.8) is 0 Å². The van der Waals surface area contributed by atoms with E-state index in [1.165, 1.54) is 13.1 Å². The Labute approximate surface area is 105 Å². The third-order valence-corrected chi connectivity index (χ3v) is 3.77. The Bertz CT molecular complexity index is 155. The maximum absolute atomic E-state index is 3.63. The average molecular weight is 278 g/mol. The molecule has 0 aliphatic carbocycles. The minimum atomic E-state index is 0.660. The molecule has 0 spiro atoms. The fourth-order valence-electron chi connectivity index (χ4n) is 1.70. The highest BCUT2D eigenvalue weighted by Gasteiger charge is 2.19. The van der Waals surface area contributed by atoms with Crippen molar-refractivity contribution in [1.29, 1.82) is 0 Å². The molecule has 1 unspecified atom stereocenters. The second-order valence-corrected chi connectivity index (χ2v) is 6.25. The van der Waals surface area contributed by atoms with E-state index in [2.05, 4.69) is 62.4 Å². The first-order chi connectivity index (χ1) is 6.88. The molecule has 0 aromatic rings. The molecule has 0 fully saturated rings. The zero-order valence-corrected chi connectivity index (χ0v) is 12.8. The molecule has 0 N–H and O–H groups in total. The van der Waals surface area contributed by atoms with Crippen LogP contribution in [0.1, 0.15) is 41.5 Å². The Morgan fingerprint density at radius 2 is 1.47 bits per heavy atom. The third-order valence-electron chi connectivity index (χ3n) is 2.94. The SMILES string of the molecule is CC(C)CN(CC(CBr)C(C)C)C(C)C. The lowest BCUT2D eigenvalue weighted by Gasteiger charge is -2.33. The van der Waals surface area contributed by atoms with Crippen molar-refractivity contribution in [1.82, 2.24) is 4.90 Å². The standard InChI is InChI=1S/C13H28BrN/c1-10(2)8-15(12(5)6)9-13(7-14)11(3)4/h10-13H,7-9H2,1-6H3. The summed E-state index contributed by atoms with van der Waals surface area (Å²) >= 11 is 3.63. The van der Waals surface area contributed by atoms with Gasteiger partial charge in [0.2, 0.25) is 0 Å². The van der Waals surface area contributed by atoms with E-state index >= 15 is 0 Å². The van der Waals surface area contributed by atoms with Gasteiger partial charge in [0.05, 0.1) is 0 Å². The summed E-state index contributed by atoms with van der Waals surface area (Å²) in [5.41, 5.74) is 0. The Morgan fingerprint density at radius 1 is 0.933 bits per heavy atom. The van der Waals surface area contributed by atoms with Crippen molar-refractivity contribution in [2.24, 2.45) is 17.8 Å². The molecule has 0 rings (SSSR count). The minimum absolute atomic E-state index is 0.660. The van der Waals surface area contributed by atoms with Crippen LogP contribution in [0.2, 0.25) is 0 Å². The average Bonchev–Trinajstić information content (AvgIpc) is 2.10. The van der Waals surface area contributed by atoms with Gasteiger partial charge in [-0.15, -0.1) is 0 Å². The molecule has 0 saturated heterocycles. The molecule has 0 bridgehead atoms. The molecule has 2 heteroatoms. The summed E-state index contributed by atoms with van der Waals surface area (Å²) in [5.74, 6) is 2.29. The summed E-state index contributed by atoms with van der Waals surface area (Å²) in [4.78, 5) is 2.61. The van der Waals surface area contributed by atoms with E-state index < -0.39 is 0 Å². The summed E-state index contributed by atoms with van der Waals surface area (Å²) in [7, 11) is 0. The summed E-state index contributed by atoms with van der Waals surface area (Å²) in [6.45, 7) is 16.3. The van der Waals surface area contributed by atoms with Crippen molar-refractivity contribution in [3.8, 4) is 0 Å². The van der Waals surface area contributed by atoms with Crippen molar-refractivity contribution < 1.29 is 0 Å². The number of nitrogens with zero attached hydrogens (tertiary/aromatic N) is 1. The van der Waals surface area contributed by atoms with Crippen molar-refractivity contribution in [3.05, 3.63) is 0 Å². The van der Waals surface area contributed by atoms with E-state index in [1.807, 2.05) is 0 Å². The summed E-state index contributed by atoms with van der Waals surface area (Å²) in [6, 6.07) is 0.660. The fourth-order valence-corrected chi connectivity index (χ4v) is 2.66. The van der Waals surface area contributed by atoms with Crippen molar-refractivity contribution in [2.45, 2.75) is 47.6 Å². The van der Waals surface area contributed by atoms with Crippen LogP contribution < -0.4 is 0 Å². The van der Waals surface area contributed by atoms with Gasteiger partial charge in [-0.05, 0) is 31.6 Å². The molecule has 0 aromatic heterocycles. The molecular weight excluding hydrogens is 250 g/mol. The van der Waals surface area contributed by atoms with Gasteiger partial charge >= 0.3 is 0 Å². The number of hydrogen-bond donors (Lipinski definition) is 0. The molecule has 0 radical (unpaired) electrons. The fraction of sp³-hybridized carbons (Fsp3) is 1.00. The Morgan fingerprint density at radius 3 is 1.73 bits per heavy atom. The van der Waals surface area contributed by atoms with E-state index in [9.17, 15) is 0 Å². The summed E-state index contributed by atoms with van der Waals surface area (Å²) in [6.07, 6.45) is 0. The van der Waals surface area contributed by atoms with E-state index in [-0.39, 0.29) is 0 Å². The molecule has 0 heterocycles. The zero-order valence-electron chi connectivity index (χ0n) is 11.3. The monoisotopic (exact) mass is 277 g/mol. The van der Waals surface area contributed by atoms with Crippen LogP contribution in [-0.2, 0) is 0 Å². The van der Waals surface area contributed by atoms with Crippen LogP contribution >= 0.6 is 15.9 Å². The van der Waals surface area contributed by atoms with Crippen LogP contribution in [0.25, 0.3) is 0 Å². The van der Waals surface area contributed by atoms with Gasteiger partial charge in [0.25, 0.3) is 0 Å². The highest BCUT2D eigenvalue weighted by Crippen LogP contribution is 2.17. The number of hydrogen-bond acceptors (Lipinski definition) is 1. The third kappa shape index (κ3) is 6.57. The largest absolute Gasteiger partial charge is 0.300 e. The predicted molar refractivity (Wildman–Crippen MR) is 73.7 cm³/mol. The van der Waals surface area contributed by atoms with Crippen molar-refractivity contribution >= 4 is 15.9 Å². The lowest BCUT2D eigenvalue weighted by Crippen LogP contribution is -2.39. The maximum Gasteiger partial charge on any atom is 0.00743 e. The summed E-state index contributed by atoms with van der Waals surface area (Å²) < 4.78 is 0. The lowest BCUT2D eigenvalue weighted by molar-refractivity contribution is 0.158.